The van der Waals surface area contributed by atoms with E-state index in [0.717, 1.165) is 55.4 Å². The van der Waals surface area contributed by atoms with Gasteiger partial charge in [0.2, 0.25) is 0 Å². The van der Waals surface area contributed by atoms with Gasteiger partial charge in [-0.05, 0) is 41.5 Å². The van der Waals surface area contributed by atoms with Crippen molar-refractivity contribution >= 4 is 33.4 Å². The first-order valence-corrected chi connectivity index (χ1v) is 13.7. The first-order valence-electron chi connectivity index (χ1n) is 13.7. The van der Waals surface area contributed by atoms with Crippen molar-refractivity contribution in [2.45, 2.75) is 26.2 Å². The number of hydrogen-bond donors (Lipinski definition) is 1. The van der Waals surface area contributed by atoms with E-state index in [1.807, 2.05) is 91.4 Å². The van der Waals surface area contributed by atoms with Gasteiger partial charge in [-0.25, -0.2) is 0 Å². The third-order valence-corrected chi connectivity index (χ3v) is 7.03. The van der Waals surface area contributed by atoms with Gasteiger partial charge in [0.15, 0.2) is 5.78 Å². The number of carbonyl (C=O) groups is 2. The Morgan fingerprint density at radius 2 is 1.44 bits per heavy atom. The van der Waals surface area contributed by atoms with Gasteiger partial charge in [0.05, 0.1) is 16.7 Å². The van der Waals surface area contributed by atoms with Crippen LogP contribution in [-0.2, 0) is 29.5 Å². The van der Waals surface area contributed by atoms with E-state index in [-0.39, 0.29) is 11.6 Å². The minimum atomic E-state index is 0.0260. The summed E-state index contributed by atoms with van der Waals surface area (Å²) in [7, 11) is 1.94. The maximum Gasteiger partial charge on any atom is 0.159 e. The zero-order chi connectivity index (χ0) is 28.8. The van der Waals surface area contributed by atoms with Gasteiger partial charge in [0.25, 0.3) is 0 Å². The average Bonchev–Trinajstić information content (AvgIpc) is 3.59. The predicted octanol–water partition coefficient (Wildman–Crippen LogP) is 7.29. The summed E-state index contributed by atoms with van der Waals surface area (Å²) >= 11 is 0. The number of allylic oxidation sites excluding steroid dienone is 1. The van der Waals surface area contributed by atoms with Gasteiger partial charge in [-0.2, -0.15) is 10.2 Å². The number of benzene rings is 4. The summed E-state index contributed by atoms with van der Waals surface area (Å²) in [6.45, 7) is 5.41. The Balaban J connectivity index is 0.000000165. The molecule has 0 aliphatic heterocycles. The van der Waals surface area contributed by atoms with Crippen molar-refractivity contribution in [3.63, 3.8) is 0 Å². The molecule has 2 heterocycles. The van der Waals surface area contributed by atoms with Crippen LogP contribution in [0.1, 0.15) is 24.5 Å². The molecule has 0 radical (unpaired) electrons. The number of hydrogen-bond acceptors (Lipinski definition) is 4. The van der Waals surface area contributed by atoms with Gasteiger partial charge >= 0.3 is 0 Å². The average molecular weight is 541 g/mol. The van der Waals surface area contributed by atoms with Crippen LogP contribution in [0.25, 0.3) is 44.3 Å². The van der Waals surface area contributed by atoms with Gasteiger partial charge in [0.1, 0.15) is 11.5 Å². The standard InChI is InChI=1S/C18H16N2O.C17H16N2O/c1-3-15(21)12-13-7-6-8-14(11-13)18-16-9-4-5-10-17(16)20(2)19-18;1-2-14(20)11-12-6-5-7-13(10-12)17-15-8-3-4-9-16(15)18-19-17/h3-11H,1,12H2,2H3;3-10H,2,11H2,1H3,(H,18,19). The molecular weight excluding hydrogens is 508 g/mol. The number of carbonyl (C=O) groups excluding carboxylic acids is 2. The molecule has 0 aliphatic rings. The highest BCUT2D eigenvalue weighted by molar-refractivity contribution is 5.95. The highest BCUT2D eigenvalue weighted by Crippen LogP contribution is 2.28. The van der Waals surface area contributed by atoms with Crippen LogP contribution < -0.4 is 0 Å². The van der Waals surface area contributed by atoms with E-state index in [9.17, 15) is 9.59 Å². The molecule has 204 valence electrons. The van der Waals surface area contributed by atoms with Crippen molar-refractivity contribution in [1.82, 2.24) is 20.0 Å². The lowest BCUT2D eigenvalue weighted by molar-refractivity contribution is -0.118. The van der Waals surface area contributed by atoms with Crippen LogP contribution in [0.3, 0.4) is 0 Å². The molecule has 6 nitrogen and oxygen atoms in total. The first kappa shape index (κ1) is 27.5. The Bertz CT molecular complexity index is 1860. The zero-order valence-corrected chi connectivity index (χ0v) is 23.3. The molecule has 0 unspecified atom stereocenters. The molecule has 0 atom stereocenters. The van der Waals surface area contributed by atoms with Crippen LogP contribution in [-0.4, -0.2) is 31.5 Å². The van der Waals surface area contributed by atoms with Crippen molar-refractivity contribution in [3.05, 3.63) is 121 Å². The van der Waals surface area contributed by atoms with E-state index in [1.165, 1.54) is 6.08 Å². The third kappa shape index (κ3) is 6.23. The quantitative estimate of drug-likeness (QED) is 0.206. The molecule has 0 amide bonds. The summed E-state index contributed by atoms with van der Waals surface area (Å²) in [6, 6.07) is 32.2. The van der Waals surface area contributed by atoms with Crippen LogP contribution >= 0.6 is 0 Å². The van der Waals surface area contributed by atoms with E-state index in [1.54, 1.807) is 0 Å². The van der Waals surface area contributed by atoms with Gasteiger partial charge in [-0.3, -0.25) is 19.4 Å². The number of Topliss-reactive ketones (excluding diaryl/α,β-unsaturated/α-hetero) is 1. The smallest absolute Gasteiger partial charge is 0.159 e. The molecule has 4 aromatic carbocycles. The Morgan fingerprint density at radius 1 is 0.805 bits per heavy atom. The molecule has 0 aliphatic carbocycles. The highest BCUT2D eigenvalue weighted by atomic mass is 16.1. The third-order valence-electron chi connectivity index (χ3n) is 7.03. The van der Waals surface area contributed by atoms with E-state index in [4.69, 9.17) is 0 Å². The Labute approximate surface area is 239 Å². The Hall–Kier alpha value is -5.10. The van der Waals surface area contributed by atoms with Crippen LogP contribution in [0.15, 0.2) is 110 Å². The van der Waals surface area contributed by atoms with Crippen LogP contribution in [0.2, 0.25) is 0 Å². The van der Waals surface area contributed by atoms with Gasteiger partial charge < -0.3 is 0 Å². The number of fused-ring (bicyclic) bond motifs is 2. The van der Waals surface area contributed by atoms with Crippen molar-refractivity contribution in [2.24, 2.45) is 7.05 Å². The number of aromatic nitrogens is 4. The lowest BCUT2D eigenvalue weighted by atomic mass is 10.0. The van der Waals surface area contributed by atoms with Crippen LogP contribution in [0.5, 0.6) is 0 Å². The number of nitrogens with zero attached hydrogens (tertiary/aromatic N) is 3. The number of aryl methyl sites for hydroxylation is 1. The molecule has 2 aromatic heterocycles. The van der Waals surface area contributed by atoms with Crippen molar-refractivity contribution in [1.29, 1.82) is 0 Å². The Morgan fingerprint density at radius 3 is 2.15 bits per heavy atom. The molecule has 6 heteroatoms. The molecule has 0 bridgehead atoms. The van der Waals surface area contributed by atoms with Crippen LogP contribution in [0.4, 0.5) is 0 Å². The largest absolute Gasteiger partial charge is 0.299 e. The van der Waals surface area contributed by atoms with Crippen molar-refractivity contribution in [2.75, 3.05) is 0 Å². The molecule has 0 saturated carbocycles. The highest BCUT2D eigenvalue weighted by Gasteiger charge is 2.11. The maximum atomic E-state index is 11.6. The molecule has 1 N–H and O–H groups in total. The monoisotopic (exact) mass is 540 g/mol. The summed E-state index contributed by atoms with van der Waals surface area (Å²) in [5.74, 6) is 0.284. The SMILES string of the molecule is C=CC(=O)Cc1cccc(-c2nn(C)c3ccccc23)c1.CCC(=O)Cc1cccc(-c2n[nH]c3ccccc23)c1. The lowest BCUT2D eigenvalue weighted by Crippen LogP contribution is -2.00. The topological polar surface area (TPSA) is 80.6 Å². The fourth-order valence-corrected chi connectivity index (χ4v) is 4.89. The summed E-state index contributed by atoms with van der Waals surface area (Å²) in [5.41, 5.74) is 8.10. The van der Waals surface area contributed by atoms with Crippen molar-refractivity contribution < 1.29 is 9.59 Å². The number of rotatable bonds is 8. The maximum absolute atomic E-state index is 11.6. The van der Waals surface area contributed by atoms with E-state index >= 15 is 0 Å². The van der Waals surface area contributed by atoms with E-state index in [0.29, 0.717) is 19.3 Å². The van der Waals surface area contributed by atoms with E-state index < -0.39 is 0 Å². The first-order chi connectivity index (χ1) is 20.0. The zero-order valence-electron chi connectivity index (χ0n) is 23.3. The summed E-state index contributed by atoms with van der Waals surface area (Å²) in [4.78, 5) is 23.1. The van der Waals surface area contributed by atoms with E-state index in [2.05, 4.69) is 46.1 Å². The molecule has 41 heavy (non-hydrogen) atoms. The molecular formula is C35H32N4O2. The second-order valence-electron chi connectivity index (χ2n) is 9.92. The second-order valence-corrected chi connectivity index (χ2v) is 9.92. The Kier molecular flexibility index (Phi) is 8.30. The lowest BCUT2D eigenvalue weighted by Gasteiger charge is -2.03. The predicted molar refractivity (Wildman–Crippen MR) is 166 cm³/mol. The molecule has 6 rings (SSSR count). The van der Waals surface area contributed by atoms with Gasteiger partial charge in [0, 0.05) is 48.2 Å². The number of para-hydroxylation sites is 2. The van der Waals surface area contributed by atoms with Crippen LogP contribution in [0, 0.1) is 0 Å². The molecule has 6 aromatic rings. The minimum Gasteiger partial charge on any atom is -0.299 e. The minimum absolute atomic E-state index is 0.0260. The normalized spacial score (nSPS) is 10.8. The summed E-state index contributed by atoms with van der Waals surface area (Å²) < 4.78 is 1.88. The molecule has 0 spiro atoms. The van der Waals surface area contributed by atoms with Gasteiger partial charge in [-0.15, -0.1) is 0 Å². The molecule has 0 saturated heterocycles. The molecule has 0 fully saturated rings. The second kappa shape index (κ2) is 12.4. The number of nitrogens with one attached hydrogen (secondary N) is 1. The summed E-state index contributed by atoms with van der Waals surface area (Å²) in [5, 5.41) is 14.3. The number of ketones is 2. The van der Waals surface area contributed by atoms with Crippen molar-refractivity contribution in [3.8, 4) is 22.5 Å². The van der Waals surface area contributed by atoms with Gasteiger partial charge in [-0.1, -0.05) is 86.3 Å². The summed E-state index contributed by atoms with van der Waals surface area (Å²) in [6.07, 6.45) is 2.81. The fraction of sp³-hybridized carbons (Fsp3) is 0.143. The fourth-order valence-electron chi connectivity index (χ4n) is 4.89. The number of aromatic amines is 1. The number of H-pyrrole nitrogens is 1.